The molecule has 0 bridgehead atoms. The molecule has 0 fully saturated rings. The number of nitrogens with one attached hydrogen (secondary N) is 4. The quantitative estimate of drug-likeness (QED) is 0.652. The Morgan fingerprint density at radius 1 is 1.04 bits per heavy atom. The first-order valence-corrected chi connectivity index (χ1v) is 8.18. The lowest BCUT2D eigenvalue weighted by Gasteiger charge is -2.13. The zero-order valence-corrected chi connectivity index (χ0v) is 14.7. The summed E-state index contributed by atoms with van der Waals surface area (Å²) in [5.74, 6) is -0.173. The smallest absolute Gasteiger partial charge is 0.323 e. The number of rotatable bonds is 6. The van der Waals surface area contributed by atoms with Crippen molar-refractivity contribution in [3.05, 3.63) is 59.7 Å². The Morgan fingerprint density at radius 2 is 1.76 bits per heavy atom. The van der Waals surface area contributed by atoms with Crippen molar-refractivity contribution in [2.24, 2.45) is 0 Å². The highest BCUT2D eigenvalue weighted by atomic mass is 16.2. The van der Waals surface area contributed by atoms with Gasteiger partial charge in [-0.2, -0.15) is 0 Å². The molecule has 0 aromatic heterocycles. The molecule has 25 heavy (non-hydrogen) atoms. The number of likely N-dealkylation sites (N-methyl/N-ethyl adjacent to an activating group) is 1. The van der Waals surface area contributed by atoms with E-state index in [0.717, 1.165) is 5.56 Å². The topological polar surface area (TPSA) is 82.3 Å². The van der Waals surface area contributed by atoms with Gasteiger partial charge in [0, 0.05) is 29.5 Å². The van der Waals surface area contributed by atoms with E-state index in [9.17, 15) is 9.59 Å². The van der Waals surface area contributed by atoms with Gasteiger partial charge in [0.25, 0.3) is 5.91 Å². The third kappa shape index (κ3) is 5.61. The Hall–Kier alpha value is -2.86. The third-order valence-corrected chi connectivity index (χ3v) is 3.84. The fourth-order valence-electron chi connectivity index (χ4n) is 2.15. The lowest BCUT2D eigenvalue weighted by Crippen LogP contribution is -2.37. The molecule has 2 aromatic rings. The molecule has 132 valence electrons. The van der Waals surface area contributed by atoms with Crippen molar-refractivity contribution in [3.8, 4) is 0 Å². The van der Waals surface area contributed by atoms with Crippen LogP contribution in [-0.2, 0) is 0 Å². The van der Waals surface area contributed by atoms with Gasteiger partial charge in [-0.3, -0.25) is 4.79 Å². The lowest BCUT2D eigenvalue weighted by molar-refractivity contribution is 0.0950. The van der Waals surface area contributed by atoms with E-state index in [0.29, 0.717) is 23.5 Å². The maximum absolute atomic E-state index is 12.2. The number of aryl methyl sites for hydroxylation is 1. The number of carbonyl (C=O) groups excluding carboxylic acids is 2. The average molecular weight is 340 g/mol. The molecule has 4 N–H and O–H groups in total. The van der Waals surface area contributed by atoms with Crippen LogP contribution in [0, 0.1) is 6.92 Å². The second-order valence-corrected chi connectivity index (χ2v) is 5.87. The number of para-hydroxylation sites is 1. The summed E-state index contributed by atoms with van der Waals surface area (Å²) in [5.41, 5.74) is 2.68. The Bertz CT molecular complexity index is 731. The van der Waals surface area contributed by atoms with Crippen molar-refractivity contribution >= 4 is 23.3 Å². The molecule has 1 atom stereocenters. The van der Waals surface area contributed by atoms with Crippen LogP contribution in [0.2, 0.25) is 0 Å². The maximum atomic E-state index is 12.2. The van der Waals surface area contributed by atoms with Gasteiger partial charge >= 0.3 is 6.03 Å². The summed E-state index contributed by atoms with van der Waals surface area (Å²) in [4.78, 5) is 24.4. The highest BCUT2D eigenvalue weighted by Gasteiger charge is 2.11. The molecule has 6 heteroatoms. The van der Waals surface area contributed by atoms with E-state index < -0.39 is 0 Å². The SMILES string of the molecule is CNC(C)CNC(=O)c1ccc(C)c(NC(=O)Nc2ccccc2)c1. The van der Waals surface area contributed by atoms with Gasteiger partial charge in [-0.25, -0.2) is 4.79 Å². The molecular formula is C19H24N4O2. The van der Waals surface area contributed by atoms with E-state index in [2.05, 4.69) is 21.3 Å². The van der Waals surface area contributed by atoms with Crippen LogP contribution < -0.4 is 21.3 Å². The van der Waals surface area contributed by atoms with Gasteiger partial charge in [-0.15, -0.1) is 0 Å². The monoisotopic (exact) mass is 340 g/mol. The highest BCUT2D eigenvalue weighted by Crippen LogP contribution is 2.17. The molecule has 0 radical (unpaired) electrons. The number of benzene rings is 2. The molecule has 0 heterocycles. The first-order chi connectivity index (χ1) is 12.0. The first-order valence-electron chi connectivity index (χ1n) is 8.18. The van der Waals surface area contributed by atoms with E-state index in [4.69, 9.17) is 0 Å². The van der Waals surface area contributed by atoms with Crippen LogP contribution in [0.25, 0.3) is 0 Å². The maximum Gasteiger partial charge on any atom is 0.323 e. The van der Waals surface area contributed by atoms with Gasteiger partial charge in [0.2, 0.25) is 0 Å². The summed E-state index contributed by atoms with van der Waals surface area (Å²) in [6.07, 6.45) is 0. The van der Waals surface area contributed by atoms with E-state index >= 15 is 0 Å². The summed E-state index contributed by atoms with van der Waals surface area (Å²) in [6.45, 7) is 4.39. The molecule has 3 amide bonds. The second kappa shape index (κ2) is 8.84. The van der Waals surface area contributed by atoms with Crippen LogP contribution in [0.4, 0.5) is 16.2 Å². The molecule has 2 aromatic carbocycles. The minimum absolute atomic E-state index is 0.173. The fourth-order valence-corrected chi connectivity index (χ4v) is 2.15. The van der Waals surface area contributed by atoms with Crippen molar-refractivity contribution in [1.82, 2.24) is 10.6 Å². The molecule has 0 aliphatic heterocycles. The Morgan fingerprint density at radius 3 is 2.44 bits per heavy atom. The zero-order chi connectivity index (χ0) is 18.2. The molecule has 0 spiro atoms. The summed E-state index contributed by atoms with van der Waals surface area (Å²) < 4.78 is 0. The van der Waals surface area contributed by atoms with E-state index in [-0.39, 0.29) is 18.0 Å². The normalized spacial score (nSPS) is 11.5. The average Bonchev–Trinajstić information content (AvgIpc) is 2.62. The summed E-state index contributed by atoms with van der Waals surface area (Å²) in [5, 5.41) is 11.5. The van der Waals surface area contributed by atoms with E-state index in [1.54, 1.807) is 24.3 Å². The summed E-state index contributed by atoms with van der Waals surface area (Å²) >= 11 is 0. The number of amides is 3. The lowest BCUT2D eigenvalue weighted by atomic mass is 10.1. The summed E-state index contributed by atoms with van der Waals surface area (Å²) in [6, 6.07) is 14.3. The van der Waals surface area contributed by atoms with Crippen LogP contribution in [-0.4, -0.2) is 31.6 Å². The van der Waals surface area contributed by atoms with Crippen LogP contribution in [0.5, 0.6) is 0 Å². The van der Waals surface area contributed by atoms with Crippen molar-refractivity contribution in [2.45, 2.75) is 19.9 Å². The molecule has 2 rings (SSSR count). The van der Waals surface area contributed by atoms with Crippen molar-refractivity contribution in [2.75, 3.05) is 24.2 Å². The van der Waals surface area contributed by atoms with Gasteiger partial charge in [-0.05, 0) is 50.7 Å². The summed E-state index contributed by atoms with van der Waals surface area (Å²) in [7, 11) is 1.84. The van der Waals surface area contributed by atoms with Crippen LogP contribution >= 0.6 is 0 Å². The molecule has 6 nitrogen and oxygen atoms in total. The number of urea groups is 1. The largest absolute Gasteiger partial charge is 0.350 e. The fraction of sp³-hybridized carbons (Fsp3) is 0.263. The molecule has 1 unspecified atom stereocenters. The Kier molecular flexibility index (Phi) is 6.54. The van der Waals surface area contributed by atoms with Crippen LogP contribution in [0.15, 0.2) is 48.5 Å². The Labute approximate surface area is 148 Å². The minimum atomic E-state index is -0.351. The predicted molar refractivity (Wildman–Crippen MR) is 101 cm³/mol. The number of anilines is 2. The highest BCUT2D eigenvalue weighted by molar-refractivity contribution is 6.02. The van der Waals surface area contributed by atoms with Crippen molar-refractivity contribution < 1.29 is 9.59 Å². The van der Waals surface area contributed by atoms with Gasteiger partial charge in [0.05, 0.1) is 0 Å². The molecule has 0 saturated carbocycles. The second-order valence-electron chi connectivity index (χ2n) is 5.87. The van der Waals surface area contributed by atoms with Gasteiger partial charge in [-0.1, -0.05) is 24.3 Å². The number of hydrogen-bond acceptors (Lipinski definition) is 3. The van der Waals surface area contributed by atoms with Crippen molar-refractivity contribution in [3.63, 3.8) is 0 Å². The first kappa shape index (κ1) is 18.5. The van der Waals surface area contributed by atoms with E-state index in [1.165, 1.54) is 0 Å². The zero-order valence-electron chi connectivity index (χ0n) is 14.7. The molecule has 0 saturated heterocycles. The Balaban J connectivity index is 2.03. The number of carbonyl (C=O) groups is 2. The molecule has 0 aliphatic carbocycles. The van der Waals surface area contributed by atoms with Gasteiger partial charge < -0.3 is 21.3 Å². The minimum Gasteiger partial charge on any atom is -0.350 e. The van der Waals surface area contributed by atoms with Gasteiger partial charge in [0.1, 0.15) is 0 Å². The van der Waals surface area contributed by atoms with Crippen LogP contribution in [0.1, 0.15) is 22.8 Å². The van der Waals surface area contributed by atoms with Gasteiger partial charge in [0.15, 0.2) is 0 Å². The molecule has 0 aliphatic rings. The standard InChI is InChI=1S/C19H24N4O2/c1-13-9-10-15(18(24)21-12-14(2)20-3)11-17(13)23-19(25)22-16-7-5-4-6-8-16/h4-11,14,20H,12H2,1-3H3,(H,21,24)(H2,22,23,25). The predicted octanol–water partition coefficient (Wildman–Crippen LogP) is 2.98. The molecular weight excluding hydrogens is 316 g/mol. The van der Waals surface area contributed by atoms with Crippen molar-refractivity contribution in [1.29, 1.82) is 0 Å². The van der Waals surface area contributed by atoms with Crippen LogP contribution in [0.3, 0.4) is 0 Å². The third-order valence-electron chi connectivity index (χ3n) is 3.84. The number of hydrogen-bond donors (Lipinski definition) is 4. The van der Waals surface area contributed by atoms with E-state index in [1.807, 2.05) is 45.2 Å².